The van der Waals surface area contributed by atoms with Gasteiger partial charge in [0.15, 0.2) is 5.78 Å². The maximum absolute atomic E-state index is 14.5. The highest BCUT2D eigenvalue weighted by atomic mass is 79.9. The van der Waals surface area contributed by atoms with Crippen molar-refractivity contribution in [1.29, 1.82) is 0 Å². The monoisotopic (exact) mass is 555 g/mol. The number of para-hydroxylation sites is 1. The van der Waals surface area contributed by atoms with E-state index in [-0.39, 0.29) is 23.6 Å². The van der Waals surface area contributed by atoms with E-state index in [4.69, 9.17) is 0 Å². The fourth-order valence-corrected chi connectivity index (χ4v) is 7.95. The number of halogens is 1. The van der Waals surface area contributed by atoms with Gasteiger partial charge in [-0.3, -0.25) is 19.3 Å². The van der Waals surface area contributed by atoms with E-state index in [0.29, 0.717) is 17.8 Å². The van der Waals surface area contributed by atoms with Gasteiger partial charge in [0.25, 0.3) is 5.91 Å². The summed E-state index contributed by atoms with van der Waals surface area (Å²) in [5.74, 6) is -1.32. The van der Waals surface area contributed by atoms with E-state index in [1.807, 2.05) is 62.4 Å². The summed E-state index contributed by atoms with van der Waals surface area (Å²) in [6.45, 7) is 4.67. The minimum Gasteiger partial charge on any atom is -0.325 e. The number of anilines is 2. The van der Waals surface area contributed by atoms with Crippen molar-refractivity contribution in [1.82, 2.24) is 4.90 Å². The van der Waals surface area contributed by atoms with E-state index in [2.05, 4.69) is 31.5 Å². The molecule has 7 rings (SSSR count). The normalized spacial score (nSPS) is 29.4. The molecule has 2 saturated heterocycles. The standard InChI is InChI=1S/C30H26BrN3O3/c1-16-9-14-21-25(17(16)2)33-28(37)30(21)29(20-6-3-4-7-22(20)32-27(29)36)24(23-8-5-15-34(23)30)26(35)18-10-12-19(31)13-11-18/h3-4,6-7,9-14,23-24H,5,8,15H2,1-2H3,(H,32,36)(H,33,37)/t23-,24+,29+,30-/m1/s1. The molecule has 0 unspecified atom stereocenters. The van der Waals surface area contributed by atoms with Gasteiger partial charge in [-0.1, -0.05) is 58.4 Å². The topological polar surface area (TPSA) is 78.5 Å². The molecular weight excluding hydrogens is 530 g/mol. The lowest BCUT2D eigenvalue weighted by molar-refractivity contribution is -0.137. The largest absolute Gasteiger partial charge is 0.325 e. The quantitative estimate of drug-likeness (QED) is 0.432. The molecule has 2 N–H and O–H groups in total. The molecule has 6 nitrogen and oxygen atoms in total. The van der Waals surface area contributed by atoms with Crippen molar-refractivity contribution in [3.8, 4) is 0 Å². The Bertz CT molecular complexity index is 1530. The van der Waals surface area contributed by atoms with Crippen molar-refractivity contribution in [3.05, 3.63) is 93.0 Å². The third-order valence-electron chi connectivity index (χ3n) is 9.21. The molecule has 3 aromatic rings. The molecule has 0 aliphatic carbocycles. The molecule has 4 aliphatic heterocycles. The molecule has 4 heterocycles. The molecule has 4 aliphatic rings. The Labute approximate surface area is 223 Å². The van der Waals surface area contributed by atoms with E-state index in [0.717, 1.165) is 45.3 Å². The van der Waals surface area contributed by atoms with Crippen LogP contribution >= 0.6 is 15.9 Å². The summed E-state index contributed by atoms with van der Waals surface area (Å²) in [6, 6.07) is 18.7. The van der Waals surface area contributed by atoms with Gasteiger partial charge in [0.1, 0.15) is 11.0 Å². The van der Waals surface area contributed by atoms with E-state index >= 15 is 0 Å². The van der Waals surface area contributed by atoms with E-state index in [1.54, 1.807) is 12.1 Å². The summed E-state index contributed by atoms with van der Waals surface area (Å²) < 4.78 is 0.878. The molecule has 0 radical (unpaired) electrons. The van der Waals surface area contributed by atoms with Gasteiger partial charge in [-0.25, -0.2) is 0 Å². The zero-order chi connectivity index (χ0) is 25.7. The Hall–Kier alpha value is -3.29. The van der Waals surface area contributed by atoms with Crippen molar-refractivity contribution < 1.29 is 14.4 Å². The lowest BCUT2D eigenvalue weighted by Gasteiger charge is -2.43. The van der Waals surface area contributed by atoms with Gasteiger partial charge in [0.05, 0.1) is 5.92 Å². The second-order valence-corrected chi connectivity index (χ2v) is 11.6. The molecule has 4 atom stereocenters. The lowest BCUT2D eigenvalue weighted by atomic mass is 9.57. The van der Waals surface area contributed by atoms with Gasteiger partial charge >= 0.3 is 0 Å². The second kappa shape index (κ2) is 7.62. The first-order valence-electron chi connectivity index (χ1n) is 12.7. The van der Waals surface area contributed by atoms with Crippen LogP contribution in [0.1, 0.15) is 45.5 Å². The maximum atomic E-state index is 14.5. The third-order valence-corrected chi connectivity index (χ3v) is 9.74. The average Bonchev–Trinajstić information content (AvgIpc) is 3.61. The van der Waals surface area contributed by atoms with Crippen molar-refractivity contribution in [2.75, 3.05) is 17.2 Å². The first-order valence-corrected chi connectivity index (χ1v) is 13.5. The minimum atomic E-state index is -1.41. The van der Waals surface area contributed by atoms with Crippen LogP contribution < -0.4 is 10.6 Å². The Balaban J connectivity index is 1.59. The number of hydrogen-bond donors (Lipinski definition) is 2. The number of carbonyl (C=O) groups is 3. The number of aryl methyl sites for hydroxylation is 1. The van der Waals surface area contributed by atoms with Crippen LogP contribution in [0.15, 0.2) is 65.1 Å². The number of benzene rings is 3. The number of ketones is 1. The van der Waals surface area contributed by atoms with Crippen molar-refractivity contribution in [2.45, 2.75) is 43.7 Å². The van der Waals surface area contributed by atoms with Gasteiger partial charge in [0, 0.05) is 33.0 Å². The van der Waals surface area contributed by atoms with Crippen LogP contribution in [0.25, 0.3) is 0 Å². The minimum absolute atomic E-state index is 0.0989. The first-order chi connectivity index (χ1) is 17.8. The highest BCUT2D eigenvalue weighted by Crippen LogP contribution is 2.68. The van der Waals surface area contributed by atoms with Crippen LogP contribution in [-0.2, 0) is 20.5 Å². The molecule has 186 valence electrons. The number of Topliss-reactive ketones (excluding diaryl/α,β-unsaturated/α-hetero) is 1. The highest BCUT2D eigenvalue weighted by Gasteiger charge is 2.81. The summed E-state index contributed by atoms with van der Waals surface area (Å²) in [6.07, 6.45) is 1.61. The Morgan fingerprint density at radius 1 is 0.946 bits per heavy atom. The number of nitrogens with zero attached hydrogens (tertiary/aromatic N) is 1. The Morgan fingerprint density at radius 2 is 1.70 bits per heavy atom. The molecule has 2 spiro atoms. The number of carbonyl (C=O) groups excluding carboxylic acids is 3. The van der Waals surface area contributed by atoms with E-state index in [9.17, 15) is 14.4 Å². The summed E-state index contributed by atoms with van der Waals surface area (Å²) in [4.78, 5) is 45.7. The maximum Gasteiger partial charge on any atom is 0.251 e. The molecule has 7 heteroatoms. The average molecular weight is 556 g/mol. The predicted octanol–water partition coefficient (Wildman–Crippen LogP) is 5.08. The number of rotatable bonds is 2. The van der Waals surface area contributed by atoms with Gasteiger partial charge in [0.2, 0.25) is 5.91 Å². The highest BCUT2D eigenvalue weighted by molar-refractivity contribution is 9.10. The zero-order valence-corrected chi connectivity index (χ0v) is 22.2. The molecule has 2 amide bonds. The molecular formula is C30H26BrN3O3. The molecule has 0 bridgehead atoms. The van der Waals surface area contributed by atoms with Crippen LogP contribution in [0.3, 0.4) is 0 Å². The fraction of sp³-hybridized carbons (Fsp3) is 0.300. The van der Waals surface area contributed by atoms with Gasteiger partial charge < -0.3 is 10.6 Å². The van der Waals surface area contributed by atoms with Crippen LogP contribution in [0, 0.1) is 19.8 Å². The van der Waals surface area contributed by atoms with Gasteiger partial charge in [-0.05, 0) is 68.1 Å². The molecule has 37 heavy (non-hydrogen) atoms. The molecule has 0 saturated carbocycles. The first kappa shape index (κ1) is 22.9. The van der Waals surface area contributed by atoms with Crippen LogP contribution in [-0.4, -0.2) is 35.1 Å². The molecule has 3 aromatic carbocycles. The third kappa shape index (κ3) is 2.56. The smallest absolute Gasteiger partial charge is 0.251 e. The zero-order valence-electron chi connectivity index (χ0n) is 20.6. The fourth-order valence-electron chi connectivity index (χ4n) is 7.69. The Kier molecular flexibility index (Phi) is 4.71. The molecule has 2 fully saturated rings. The van der Waals surface area contributed by atoms with Gasteiger partial charge in [-0.15, -0.1) is 0 Å². The number of fused-ring (bicyclic) bond motifs is 7. The van der Waals surface area contributed by atoms with Gasteiger partial charge in [-0.2, -0.15) is 0 Å². The van der Waals surface area contributed by atoms with E-state index < -0.39 is 16.9 Å². The lowest BCUT2D eigenvalue weighted by Crippen LogP contribution is -2.62. The summed E-state index contributed by atoms with van der Waals surface area (Å²) in [5.41, 5.74) is 2.84. The van der Waals surface area contributed by atoms with Crippen molar-refractivity contribution in [3.63, 3.8) is 0 Å². The van der Waals surface area contributed by atoms with E-state index in [1.165, 1.54) is 0 Å². The Morgan fingerprint density at radius 3 is 2.49 bits per heavy atom. The number of amides is 2. The number of hydrogen-bond acceptors (Lipinski definition) is 4. The SMILES string of the molecule is Cc1ccc2c(c1C)NC(=O)[C@]21N2CCC[C@@H]2[C@@H](C(=O)c2ccc(Br)cc2)[C@@]12C(=O)Nc1ccccc12. The van der Waals surface area contributed by atoms with Crippen molar-refractivity contribution in [2.24, 2.45) is 5.92 Å². The summed E-state index contributed by atoms with van der Waals surface area (Å²) in [5, 5.41) is 6.27. The predicted molar refractivity (Wildman–Crippen MR) is 145 cm³/mol. The summed E-state index contributed by atoms with van der Waals surface area (Å²) >= 11 is 3.46. The van der Waals surface area contributed by atoms with Crippen LogP contribution in [0.2, 0.25) is 0 Å². The van der Waals surface area contributed by atoms with Crippen molar-refractivity contribution >= 4 is 44.9 Å². The summed E-state index contributed by atoms with van der Waals surface area (Å²) in [7, 11) is 0. The molecule has 0 aromatic heterocycles. The van der Waals surface area contributed by atoms with Crippen LogP contribution in [0.4, 0.5) is 11.4 Å². The van der Waals surface area contributed by atoms with Crippen LogP contribution in [0.5, 0.6) is 0 Å². The number of nitrogens with one attached hydrogen (secondary N) is 2. The second-order valence-electron chi connectivity index (χ2n) is 10.7.